The molecule has 2 aromatic rings. The molecule has 16 heavy (non-hydrogen) atoms. The zero-order valence-corrected chi connectivity index (χ0v) is 11.3. The summed E-state index contributed by atoms with van der Waals surface area (Å²) in [4.78, 5) is 0. The maximum Gasteiger partial charge on any atom is 0.0346 e. The summed E-state index contributed by atoms with van der Waals surface area (Å²) in [5.41, 5.74) is 7.58. The molecule has 0 aliphatic heterocycles. The van der Waals surface area contributed by atoms with Crippen LogP contribution >= 0.6 is 23.7 Å². The minimum Gasteiger partial charge on any atom is -0.324 e. The van der Waals surface area contributed by atoms with Crippen LogP contribution in [0.15, 0.2) is 29.6 Å². The largest absolute Gasteiger partial charge is 0.324 e. The lowest BCUT2D eigenvalue weighted by molar-refractivity contribution is 0.460. The Morgan fingerprint density at radius 1 is 1.31 bits per heavy atom. The highest BCUT2D eigenvalue weighted by Gasteiger charge is 2.16. The van der Waals surface area contributed by atoms with E-state index in [-0.39, 0.29) is 18.4 Å². The highest BCUT2D eigenvalue weighted by molar-refractivity contribution is 7.17. The Balaban J connectivity index is 0.00000128. The summed E-state index contributed by atoms with van der Waals surface area (Å²) >= 11 is 1.79. The van der Waals surface area contributed by atoms with Gasteiger partial charge in [0.05, 0.1) is 0 Å². The second-order valence-electron chi connectivity index (χ2n) is 4.10. The summed E-state index contributed by atoms with van der Waals surface area (Å²) < 4.78 is 1.34. The van der Waals surface area contributed by atoms with Gasteiger partial charge < -0.3 is 5.73 Å². The van der Waals surface area contributed by atoms with E-state index in [4.69, 9.17) is 5.73 Å². The fraction of sp³-hybridized carbons (Fsp3) is 0.385. The van der Waals surface area contributed by atoms with Crippen LogP contribution in [0.25, 0.3) is 10.1 Å². The molecule has 1 unspecified atom stereocenters. The maximum absolute atomic E-state index is 6.27. The van der Waals surface area contributed by atoms with E-state index in [0.29, 0.717) is 5.92 Å². The molecule has 1 heterocycles. The number of hydrogen-bond acceptors (Lipinski definition) is 2. The van der Waals surface area contributed by atoms with E-state index in [9.17, 15) is 0 Å². The summed E-state index contributed by atoms with van der Waals surface area (Å²) in [5.74, 6) is 0.544. The smallest absolute Gasteiger partial charge is 0.0346 e. The summed E-state index contributed by atoms with van der Waals surface area (Å²) in [6.07, 6.45) is 1.13. The zero-order valence-electron chi connectivity index (χ0n) is 9.64. The van der Waals surface area contributed by atoms with Gasteiger partial charge in [-0.3, -0.25) is 0 Å². The van der Waals surface area contributed by atoms with Gasteiger partial charge in [-0.05, 0) is 28.3 Å². The topological polar surface area (TPSA) is 26.0 Å². The fourth-order valence-electron chi connectivity index (χ4n) is 1.82. The van der Waals surface area contributed by atoms with Gasteiger partial charge in [-0.1, -0.05) is 38.5 Å². The van der Waals surface area contributed by atoms with E-state index in [1.165, 1.54) is 15.6 Å². The Kier molecular flexibility index (Phi) is 4.78. The van der Waals surface area contributed by atoms with Crippen LogP contribution in [0, 0.1) is 5.92 Å². The van der Waals surface area contributed by atoms with Crippen LogP contribution in [0.2, 0.25) is 0 Å². The molecular weight excluding hydrogens is 238 g/mol. The lowest BCUT2D eigenvalue weighted by Crippen LogP contribution is -2.17. The minimum absolute atomic E-state index is 0. The number of benzene rings is 1. The van der Waals surface area contributed by atoms with E-state index in [1.54, 1.807) is 11.3 Å². The summed E-state index contributed by atoms with van der Waals surface area (Å²) in [5, 5.41) is 3.54. The van der Waals surface area contributed by atoms with Crippen molar-refractivity contribution in [3.05, 3.63) is 35.2 Å². The molecule has 0 radical (unpaired) electrons. The highest BCUT2D eigenvalue weighted by Crippen LogP contribution is 2.32. The maximum atomic E-state index is 6.27. The Morgan fingerprint density at radius 2 is 2.00 bits per heavy atom. The molecule has 2 N–H and O–H groups in total. The first-order valence-electron chi connectivity index (χ1n) is 5.45. The van der Waals surface area contributed by atoms with E-state index in [0.717, 1.165) is 6.42 Å². The van der Waals surface area contributed by atoms with Crippen molar-refractivity contribution in [2.24, 2.45) is 11.7 Å². The van der Waals surface area contributed by atoms with Crippen LogP contribution in [0.3, 0.4) is 0 Å². The van der Waals surface area contributed by atoms with Crippen molar-refractivity contribution in [1.29, 1.82) is 0 Å². The lowest BCUT2D eigenvalue weighted by atomic mass is 9.93. The fourth-order valence-corrected chi connectivity index (χ4v) is 2.82. The molecule has 1 aromatic carbocycles. The third-order valence-corrected chi connectivity index (χ3v) is 4.11. The van der Waals surface area contributed by atoms with Gasteiger partial charge in [0.1, 0.15) is 0 Å². The van der Waals surface area contributed by atoms with Crippen molar-refractivity contribution in [2.75, 3.05) is 0 Å². The van der Waals surface area contributed by atoms with E-state index < -0.39 is 0 Å². The Hall–Kier alpha value is -0.570. The van der Waals surface area contributed by atoms with Crippen LogP contribution in [0.4, 0.5) is 0 Å². The second kappa shape index (κ2) is 5.67. The number of hydrogen-bond donors (Lipinski definition) is 1. The molecule has 2 atom stereocenters. The first kappa shape index (κ1) is 13.5. The van der Waals surface area contributed by atoms with Crippen LogP contribution in [0.1, 0.15) is 31.9 Å². The molecule has 0 saturated heterocycles. The normalized spacial score (nSPS) is 14.4. The quantitative estimate of drug-likeness (QED) is 0.866. The molecule has 0 amide bonds. The third-order valence-electron chi connectivity index (χ3n) is 3.13. The van der Waals surface area contributed by atoms with Gasteiger partial charge in [0, 0.05) is 10.7 Å². The van der Waals surface area contributed by atoms with Crippen molar-refractivity contribution in [2.45, 2.75) is 26.3 Å². The van der Waals surface area contributed by atoms with Crippen molar-refractivity contribution in [3.8, 4) is 0 Å². The van der Waals surface area contributed by atoms with Crippen LogP contribution < -0.4 is 5.73 Å². The average Bonchev–Trinajstić information content (AvgIpc) is 2.70. The number of fused-ring (bicyclic) bond motifs is 1. The molecular formula is C13H18ClNS. The lowest BCUT2D eigenvalue weighted by Gasteiger charge is -2.17. The third kappa shape index (κ3) is 2.40. The Morgan fingerprint density at radius 3 is 2.69 bits per heavy atom. The molecule has 1 aromatic heterocycles. The van der Waals surface area contributed by atoms with Crippen LogP contribution in [0.5, 0.6) is 0 Å². The predicted molar refractivity (Wildman–Crippen MR) is 75.5 cm³/mol. The van der Waals surface area contributed by atoms with Gasteiger partial charge in [-0.25, -0.2) is 0 Å². The van der Waals surface area contributed by atoms with Crippen molar-refractivity contribution < 1.29 is 0 Å². The minimum atomic E-state index is 0. The second-order valence-corrected chi connectivity index (χ2v) is 5.01. The molecule has 0 aliphatic rings. The van der Waals surface area contributed by atoms with Gasteiger partial charge in [0.2, 0.25) is 0 Å². The highest BCUT2D eigenvalue weighted by atomic mass is 35.5. The molecule has 2 rings (SSSR count). The molecule has 3 heteroatoms. The number of rotatable bonds is 3. The van der Waals surface area contributed by atoms with Gasteiger partial charge >= 0.3 is 0 Å². The van der Waals surface area contributed by atoms with Gasteiger partial charge in [-0.15, -0.1) is 23.7 Å². The Labute approximate surface area is 107 Å². The average molecular weight is 256 g/mol. The first-order chi connectivity index (χ1) is 7.24. The Bertz CT molecular complexity index is 452. The number of thiophene rings is 1. The summed E-state index contributed by atoms with van der Waals surface area (Å²) in [7, 11) is 0. The molecule has 0 aliphatic carbocycles. The molecule has 88 valence electrons. The molecule has 1 nitrogen and oxygen atoms in total. The zero-order chi connectivity index (χ0) is 10.8. The van der Waals surface area contributed by atoms with Crippen LogP contribution in [-0.4, -0.2) is 0 Å². The van der Waals surface area contributed by atoms with E-state index in [2.05, 4.69) is 43.5 Å². The standard InChI is InChI=1S/C13H17NS.ClH/c1-3-9(2)13(14)11-8-15-12-7-5-4-6-10(11)12;/h4-9,13H,3,14H2,1-2H3;1H/t9?,13-;/m1./s1. The van der Waals surface area contributed by atoms with Crippen molar-refractivity contribution >= 4 is 33.8 Å². The predicted octanol–water partition coefficient (Wildman–Crippen LogP) is 4.37. The SMILES string of the molecule is CCC(C)[C@@H](N)c1csc2ccccc12.Cl. The van der Waals surface area contributed by atoms with Crippen molar-refractivity contribution in [3.63, 3.8) is 0 Å². The first-order valence-corrected chi connectivity index (χ1v) is 6.33. The molecule has 0 bridgehead atoms. The molecule has 0 saturated carbocycles. The summed E-state index contributed by atoms with van der Waals surface area (Å²) in [6, 6.07) is 8.67. The van der Waals surface area contributed by atoms with Crippen molar-refractivity contribution in [1.82, 2.24) is 0 Å². The van der Waals surface area contributed by atoms with E-state index >= 15 is 0 Å². The number of nitrogens with two attached hydrogens (primary N) is 1. The molecule has 0 fully saturated rings. The van der Waals surface area contributed by atoms with E-state index in [1.807, 2.05) is 0 Å². The van der Waals surface area contributed by atoms with Gasteiger partial charge in [-0.2, -0.15) is 0 Å². The molecule has 0 spiro atoms. The monoisotopic (exact) mass is 255 g/mol. The number of halogens is 1. The summed E-state index contributed by atoms with van der Waals surface area (Å²) in [6.45, 7) is 4.41. The van der Waals surface area contributed by atoms with Crippen LogP contribution in [-0.2, 0) is 0 Å². The van der Waals surface area contributed by atoms with Gasteiger partial charge in [0.15, 0.2) is 0 Å². The van der Waals surface area contributed by atoms with Gasteiger partial charge in [0.25, 0.3) is 0 Å².